The van der Waals surface area contributed by atoms with E-state index < -0.39 is 11.9 Å². The highest BCUT2D eigenvalue weighted by Crippen LogP contribution is 2.42. The van der Waals surface area contributed by atoms with Crippen molar-refractivity contribution in [2.75, 3.05) is 104 Å². The second-order valence-electron chi connectivity index (χ2n) is 16.6. The first-order valence-corrected chi connectivity index (χ1v) is 22.9. The van der Waals surface area contributed by atoms with Crippen LogP contribution in [0.1, 0.15) is 50.2 Å². The van der Waals surface area contributed by atoms with E-state index in [0.29, 0.717) is 68.7 Å². The second kappa shape index (κ2) is 24.1. The van der Waals surface area contributed by atoms with Gasteiger partial charge in [-0.25, -0.2) is 4.58 Å². The van der Waals surface area contributed by atoms with Crippen molar-refractivity contribution in [3.05, 3.63) is 136 Å². The van der Waals surface area contributed by atoms with E-state index in [4.69, 9.17) is 23.4 Å². The molecule has 0 aromatic heterocycles. The van der Waals surface area contributed by atoms with Gasteiger partial charge in [-0.2, -0.15) is 0 Å². The molecule has 69 heavy (non-hydrogen) atoms. The van der Waals surface area contributed by atoms with Gasteiger partial charge in [0.15, 0.2) is 0 Å². The molecule has 0 bridgehead atoms. The van der Waals surface area contributed by atoms with Gasteiger partial charge in [-0.3, -0.25) is 14.4 Å². The molecule has 15 heteroatoms. The van der Waals surface area contributed by atoms with Gasteiger partial charge < -0.3 is 53.7 Å². The number of carbonyl (C=O) groups is 4. The molecule has 0 unspecified atom stereocenters. The predicted octanol–water partition coefficient (Wildman–Crippen LogP) is 4.31. The van der Waals surface area contributed by atoms with Crippen LogP contribution in [0.2, 0.25) is 0 Å². The third-order valence-electron chi connectivity index (χ3n) is 11.4. The van der Waals surface area contributed by atoms with Crippen molar-refractivity contribution in [3.63, 3.8) is 0 Å². The van der Waals surface area contributed by atoms with Crippen molar-refractivity contribution in [1.29, 1.82) is 0 Å². The summed E-state index contributed by atoms with van der Waals surface area (Å²) >= 11 is 0. The topological polar surface area (TPSA) is 175 Å². The van der Waals surface area contributed by atoms with E-state index in [2.05, 4.69) is 22.5 Å². The molecule has 2 heterocycles. The number of carboxylic acids is 1. The highest BCUT2D eigenvalue weighted by atomic mass is 16.6. The molecule has 3 amide bonds. The van der Waals surface area contributed by atoms with E-state index in [1.54, 1.807) is 17.0 Å². The average molecular weight is 936 g/mol. The Morgan fingerprint density at radius 2 is 1.38 bits per heavy atom. The Kier molecular flexibility index (Phi) is 17.3. The Morgan fingerprint density at radius 1 is 0.710 bits per heavy atom. The van der Waals surface area contributed by atoms with Crippen LogP contribution in [0.3, 0.4) is 0 Å². The lowest BCUT2D eigenvalue weighted by molar-refractivity contribution is -0.255. The largest absolute Gasteiger partial charge is 0.545 e. The number of ether oxygens (including phenoxy) is 4. The number of rotatable bonds is 22. The monoisotopic (exact) mass is 935 g/mol. The zero-order valence-corrected chi connectivity index (χ0v) is 39.4. The van der Waals surface area contributed by atoms with E-state index in [1.165, 1.54) is 6.07 Å². The number of anilines is 2. The van der Waals surface area contributed by atoms with Crippen molar-refractivity contribution in [2.24, 2.45) is 0 Å². The first kappa shape index (κ1) is 49.6. The van der Waals surface area contributed by atoms with Crippen molar-refractivity contribution >= 4 is 46.0 Å². The molecule has 0 atom stereocenters. The van der Waals surface area contributed by atoms with Gasteiger partial charge in [0.2, 0.25) is 17.2 Å². The highest BCUT2D eigenvalue weighted by molar-refractivity contribution is 6.09. The maximum absolute atomic E-state index is 13.4. The summed E-state index contributed by atoms with van der Waals surface area (Å²) in [5.41, 5.74) is 6.74. The first-order valence-electron chi connectivity index (χ1n) is 22.9. The van der Waals surface area contributed by atoms with Crippen LogP contribution in [0.25, 0.3) is 33.4 Å². The number of hydrogen-bond donors (Lipinski definition) is 2. The number of benzene rings is 5. The summed E-state index contributed by atoms with van der Waals surface area (Å²) in [7, 11) is 7.73. The Labute approximate surface area is 401 Å². The Bertz CT molecular complexity index is 2910. The summed E-state index contributed by atoms with van der Waals surface area (Å²) in [4.78, 5) is 55.2. The summed E-state index contributed by atoms with van der Waals surface area (Å²) in [6.07, 6.45) is 0.302. The molecule has 0 spiro atoms. The van der Waals surface area contributed by atoms with Gasteiger partial charge in [-0.05, 0) is 59.7 Å². The lowest BCUT2D eigenvalue weighted by Gasteiger charge is -2.26. The second-order valence-corrected chi connectivity index (χ2v) is 16.6. The fraction of sp³-hybridized carbons (Fsp3) is 0.315. The standard InChI is InChI=1S/C54H57N5O10/c1-57(2)41-16-19-44-48(34-41)69-49-35-42(58(3)4)17-20-45(49)52(44)43-18-15-39(33-46(43)54(63)64)53(62)56-24-26-66-28-30-68-32-31-67-29-27-65-25-22-50(60)55-23-21-51(61)59-36-40-11-6-5-9-37(40)13-14-38-10-7-8-12-47(38)59/h5-12,15-20,33-35H,21-32,36H2,1-4H3,(H2-,55,56,60,62,63,64). The Hall–Kier alpha value is -7.35. The summed E-state index contributed by atoms with van der Waals surface area (Å²) in [6.45, 7) is 3.20. The predicted molar refractivity (Wildman–Crippen MR) is 262 cm³/mol. The molecule has 0 saturated carbocycles. The maximum atomic E-state index is 13.4. The molecule has 4 aromatic rings. The lowest BCUT2D eigenvalue weighted by Crippen LogP contribution is -2.35. The molecule has 7 rings (SSSR count). The molecule has 2 N–H and O–H groups in total. The summed E-state index contributed by atoms with van der Waals surface area (Å²) in [5.74, 6) is 4.83. The SMILES string of the molecule is CN(C)c1ccc2c(-c3ccc(C(=O)NCCOCCOCCOCCOCCC(=O)NCCC(=O)N4Cc5ccccc5C#Cc5ccccc54)cc3C(=O)[O-])c3ccc(=[N+](C)C)cc-3oc2c1. The van der Waals surface area contributed by atoms with Crippen LogP contribution < -0.4 is 35.5 Å². The third-order valence-corrected chi connectivity index (χ3v) is 11.4. The molecule has 358 valence electrons. The molecule has 0 fully saturated rings. The van der Waals surface area contributed by atoms with Crippen LogP contribution in [-0.4, -0.2) is 118 Å². The zero-order valence-electron chi connectivity index (χ0n) is 39.4. The molecule has 1 aliphatic carbocycles. The number of carbonyl (C=O) groups excluding carboxylic acids is 4. The molecule has 15 nitrogen and oxygen atoms in total. The first-order chi connectivity index (χ1) is 33.5. The summed E-state index contributed by atoms with van der Waals surface area (Å²) in [5, 5.41) is 19.9. The number of aromatic carboxylic acids is 1. The smallest absolute Gasteiger partial charge is 0.251 e. The third kappa shape index (κ3) is 13.0. The van der Waals surface area contributed by atoms with Gasteiger partial charge in [0, 0.05) is 96.6 Å². The van der Waals surface area contributed by atoms with Crippen LogP contribution in [0.15, 0.2) is 108 Å². The van der Waals surface area contributed by atoms with Crippen LogP contribution in [-0.2, 0) is 35.1 Å². The van der Waals surface area contributed by atoms with Gasteiger partial charge in [0.05, 0.1) is 77.1 Å². The quantitative estimate of drug-likeness (QED) is 0.0430. The summed E-state index contributed by atoms with van der Waals surface area (Å²) in [6, 6.07) is 31.5. The van der Waals surface area contributed by atoms with E-state index in [-0.39, 0.29) is 62.1 Å². The van der Waals surface area contributed by atoms with Crippen LogP contribution in [0, 0.1) is 11.8 Å². The van der Waals surface area contributed by atoms with Crippen LogP contribution >= 0.6 is 0 Å². The highest BCUT2D eigenvalue weighted by Gasteiger charge is 2.23. The molecule has 2 aliphatic heterocycles. The Balaban J connectivity index is 0.755. The van der Waals surface area contributed by atoms with Crippen molar-refractivity contribution in [3.8, 4) is 34.3 Å². The van der Waals surface area contributed by atoms with Gasteiger partial charge in [0.25, 0.3) is 5.91 Å². The summed E-state index contributed by atoms with van der Waals surface area (Å²) < 4.78 is 30.6. The number of fused-ring (bicyclic) bond motifs is 4. The number of nitrogens with zero attached hydrogens (tertiary/aromatic N) is 3. The number of carboxylic acid groups (broad SMARTS) is 1. The van der Waals surface area contributed by atoms with Crippen LogP contribution in [0.5, 0.6) is 0 Å². The maximum Gasteiger partial charge on any atom is 0.251 e. The molecule has 0 saturated heterocycles. The van der Waals surface area contributed by atoms with Gasteiger partial charge >= 0.3 is 0 Å². The van der Waals surface area contributed by atoms with Gasteiger partial charge in [0.1, 0.15) is 25.4 Å². The van der Waals surface area contributed by atoms with E-state index in [1.807, 2.05) is 123 Å². The van der Waals surface area contributed by atoms with Crippen LogP contribution in [0.4, 0.5) is 11.4 Å². The van der Waals surface area contributed by atoms with E-state index >= 15 is 0 Å². The van der Waals surface area contributed by atoms with E-state index in [9.17, 15) is 24.3 Å². The average Bonchev–Trinajstić information content (AvgIpc) is 3.34. The Morgan fingerprint density at radius 3 is 2.10 bits per heavy atom. The number of para-hydroxylation sites is 1. The fourth-order valence-corrected chi connectivity index (χ4v) is 7.79. The molecule has 4 aromatic carbocycles. The molecular formula is C54H57N5O10. The minimum absolute atomic E-state index is 0.104. The minimum Gasteiger partial charge on any atom is -0.545 e. The van der Waals surface area contributed by atoms with Crippen molar-refractivity contribution in [1.82, 2.24) is 15.2 Å². The van der Waals surface area contributed by atoms with Gasteiger partial charge in [-0.15, -0.1) is 0 Å². The van der Waals surface area contributed by atoms with Gasteiger partial charge in [-0.1, -0.05) is 48.2 Å². The number of hydrogen-bond acceptors (Lipinski definition) is 11. The zero-order chi connectivity index (χ0) is 48.7. The molecule has 3 aliphatic rings. The fourth-order valence-electron chi connectivity index (χ4n) is 7.79. The lowest BCUT2D eigenvalue weighted by atomic mass is 9.89. The molecule has 0 radical (unpaired) electrons. The normalized spacial score (nSPS) is 11.7. The van der Waals surface area contributed by atoms with Crippen molar-refractivity contribution in [2.45, 2.75) is 19.4 Å². The van der Waals surface area contributed by atoms with E-state index in [0.717, 1.165) is 44.4 Å². The number of nitrogens with one attached hydrogen (secondary N) is 2. The van der Waals surface area contributed by atoms with Crippen molar-refractivity contribution < 1.29 is 47.6 Å². The number of amides is 3. The minimum atomic E-state index is -1.41. The molecular weight excluding hydrogens is 879 g/mol.